The third kappa shape index (κ3) is 2.65. The lowest BCUT2D eigenvalue weighted by molar-refractivity contribution is -0.307. The molecular formula is C17H14NO4-. The number of hydrogen-bond donors (Lipinski definition) is 0. The van der Waals surface area contributed by atoms with Gasteiger partial charge in [-0.15, -0.1) is 0 Å². The molecule has 0 saturated heterocycles. The highest BCUT2D eigenvalue weighted by Gasteiger charge is 2.35. The highest BCUT2D eigenvalue weighted by molar-refractivity contribution is 5.97. The first-order valence-corrected chi connectivity index (χ1v) is 6.95. The van der Waals surface area contributed by atoms with Crippen LogP contribution in [0.15, 0.2) is 54.6 Å². The largest absolute Gasteiger partial charge is 0.548 e. The molecule has 1 atom stereocenters. The van der Waals surface area contributed by atoms with Crippen molar-refractivity contribution in [3.8, 4) is 0 Å². The number of carboxylic acids is 1. The Kier molecular flexibility index (Phi) is 3.78. The van der Waals surface area contributed by atoms with Crippen LogP contribution in [0.25, 0.3) is 0 Å². The minimum atomic E-state index is -1.28. The van der Waals surface area contributed by atoms with Crippen LogP contribution in [0.5, 0.6) is 0 Å². The second-order valence-corrected chi connectivity index (χ2v) is 5.08. The van der Waals surface area contributed by atoms with Crippen molar-refractivity contribution >= 4 is 17.7 Å². The molecule has 112 valence electrons. The smallest absolute Gasteiger partial charge is 0.415 e. The molecule has 0 spiro atoms. The topological polar surface area (TPSA) is 69.7 Å². The van der Waals surface area contributed by atoms with Crippen LogP contribution in [0.4, 0.5) is 10.5 Å². The third-order valence-electron chi connectivity index (χ3n) is 3.65. The summed E-state index contributed by atoms with van der Waals surface area (Å²) in [5, 5.41) is 11.3. The lowest BCUT2D eigenvalue weighted by atomic mass is 10.1. The van der Waals surface area contributed by atoms with Crippen molar-refractivity contribution in [3.63, 3.8) is 0 Å². The first-order valence-electron chi connectivity index (χ1n) is 6.95. The average molecular weight is 296 g/mol. The molecule has 2 aromatic carbocycles. The van der Waals surface area contributed by atoms with Gasteiger partial charge in [-0.25, -0.2) is 4.79 Å². The van der Waals surface area contributed by atoms with Gasteiger partial charge in [0.2, 0.25) is 0 Å². The number of rotatable bonds is 3. The van der Waals surface area contributed by atoms with Gasteiger partial charge in [0.05, 0.1) is 17.7 Å². The Morgan fingerprint density at radius 3 is 2.50 bits per heavy atom. The number of nitrogens with zero attached hydrogens (tertiary/aromatic N) is 1. The molecule has 0 radical (unpaired) electrons. The molecule has 1 amide bonds. The minimum absolute atomic E-state index is 0.0953. The highest BCUT2D eigenvalue weighted by atomic mass is 16.6. The zero-order valence-corrected chi connectivity index (χ0v) is 11.8. The zero-order valence-electron chi connectivity index (χ0n) is 11.8. The summed E-state index contributed by atoms with van der Waals surface area (Å²) in [7, 11) is 0. The van der Waals surface area contributed by atoms with E-state index < -0.39 is 18.1 Å². The van der Waals surface area contributed by atoms with Crippen LogP contribution in [-0.4, -0.2) is 18.1 Å². The second kappa shape index (κ2) is 5.89. The lowest BCUT2D eigenvalue weighted by Gasteiger charge is -2.25. The van der Waals surface area contributed by atoms with Gasteiger partial charge in [-0.3, -0.25) is 4.90 Å². The summed E-state index contributed by atoms with van der Waals surface area (Å²) < 4.78 is 5.25. The Morgan fingerprint density at radius 1 is 1.09 bits per heavy atom. The van der Waals surface area contributed by atoms with Crippen molar-refractivity contribution in [2.24, 2.45) is 0 Å². The van der Waals surface area contributed by atoms with Crippen molar-refractivity contribution in [1.29, 1.82) is 0 Å². The summed E-state index contributed by atoms with van der Waals surface area (Å²) in [4.78, 5) is 24.8. The number of fused-ring (bicyclic) bond motifs is 1. The highest BCUT2D eigenvalue weighted by Crippen LogP contribution is 2.32. The van der Waals surface area contributed by atoms with Crippen molar-refractivity contribution in [2.75, 3.05) is 4.90 Å². The zero-order chi connectivity index (χ0) is 15.5. The summed E-state index contributed by atoms with van der Waals surface area (Å²) in [5.41, 5.74) is 2.21. The Labute approximate surface area is 127 Å². The van der Waals surface area contributed by atoms with Gasteiger partial charge in [0.25, 0.3) is 0 Å². The molecule has 0 aliphatic carbocycles. The molecule has 0 saturated carbocycles. The van der Waals surface area contributed by atoms with E-state index in [-0.39, 0.29) is 13.0 Å². The fraction of sp³-hybridized carbons (Fsp3) is 0.176. The van der Waals surface area contributed by atoms with Gasteiger partial charge >= 0.3 is 6.09 Å². The number of amides is 1. The van der Waals surface area contributed by atoms with E-state index in [0.717, 1.165) is 16.0 Å². The first-order chi connectivity index (χ1) is 10.7. The molecule has 1 heterocycles. The summed E-state index contributed by atoms with van der Waals surface area (Å²) >= 11 is 0. The fourth-order valence-electron chi connectivity index (χ4n) is 2.59. The number of carboxylic acid groups (broad SMARTS) is 1. The molecule has 0 bridgehead atoms. The molecule has 1 aliphatic rings. The second-order valence-electron chi connectivity index (χ2n) is 5.08. The Hall–Kier alpha value is -2.82. The maximum absolute atomic E-state index is 12.3. The molecular weight excluding hydrogens is 282 g/mol. The van der Waals surface area contributed by atoms with Crippen LogP contribution in [0, 0.1) is 0 Å². The predicted octanol–water partition coefficient (Wildman–Crippen LogP) is 1.50. The number of carbonyl (C=O) groups excluding carboxylic acids is 2. The number of ether oxygens (including phenoxy) is 1. The molecule has 1 aliphatic heterocycles. The summed E-state index contributed by atoms with van der Waals surface area (Å²) in [6.45, 7) is 0.0953. The van der Waals surface area contributed by atoms with E-state index in [1.54, 1.807) is 18.2 Å². The maximum Gasteiger partial charge on any atom is 0.415 e. The fourth-order valence-corrected chi connectivity index (χ4v) is 2.59. The Balaban J connectivity index is 1.78. The SMILES string of the molecule is O=C([O-])[C@@H]1Cc2ccccc2N1C(=O)OCc1ccccc1. The summed E-state index contributed by atoms with van der Waals surface area (Å²) in [6, 6.07) is 15.3. The predicted molar refractivity (Wildman–Crippen MR) is 78.0 cm³/mol. The van der Waals surface area contributed by atoms with Crippen molar-refractivity contribution < 1.29 is 19.4 Å². The van der Waals surface area contributed by atoms with Gasteiger partial charge in [0.15, 0.2) is 0 Å². The molecule has 2 aromatic rings. The van der Waals surface area contributed by atoms with Crippen LogP contribution in [0.3, 0.4) is 0 Å². The van der Waals surface area contributed by atoms with Gasteiger partial charge in [-0.1, -0.05) is 48.5 Å². The average Bonchev–Trinajstić information content (AvgIpc) is 2.93. The molecule has 22 heavy (non-hydrogen) atoms. The lowest BCUT2D eigenvalue weighted by Crippen LogP contribution is -2.49. The van der Waals surface area contributed by atoms with E-state index >= 15 is 0 Å². The molecule has 0 aromatic heterocycles. The quantitative estimate of drug-likeness (QED) is 0.860. The normalized spacial score (nSPS) is 16.2. The molecule has 5 nitrogen and oxygen atoms in total. The number of benzene rings is 2. The third-order valence-corrected chi connectivity index (χ3v) is 3.65. The van der Waals surface area contributed by atoms with Crippen LogP contribution >= 0.6 is 0 Å². The van der Waals surface area contributed by atoms with Gasteiger partial charge in [-0.2, -0.15) is 0 Å². The maximum atomic E-state index is 12.3. The van der Waals surface area contributed by atoms with Crippen LogP contribution in [-0.2, 0) is 22.6 Å². The summed E-state index contributed by atoms with van der Waals surface area (Å²) in [6.07, 6.45) is -0.443. The van der Waals surface area contributed by atoms with Crippen LogP contribution in [0.2, 0.25) is 0 Å². The van der Waals surface area contributed by atoms with Crippen LogP contribution < -0.4 is 10.0 Å². The van der Waals surface area contributed by atoms with E-state index in [0.29, 0.717) is 5.69 Å². The van der Waals surface area contributed by atoms with Crippen molar-refractivity contribution in [3.05, 3.63) is 65.7 Å². The van der Waals surface area contributed by atoms with Crippen molar-refractivity contribution in [1.82, 2.24) is 0 Å². The first kappa shape index (κ1) is 14.1. The number of anilines is 1. The number of carbonyl (C=O) groups is 2. The molecule has 3 rings (SSSR count). The molecule has 0 N–H and O–H groups in total. The van der Waals surface area contributed by atoms with E-state index in [2.05, 4.69) is 0 Å². The van der Waals surface area contributed by atoms with Gasteiger partial charge in [0.1, 0.15) is 6.61 Å². The number of hydrogen-bond acceptors (Lipinski definition) is 4. The van der Waals surface area contributed by atoms with E-state index in [9.17, 15) is 14.7 Å². The number of para-hydroxylation sites is 1. The van der Waals surface area contributed by atoms with Gasteiger partial charge < -0.3 is 14.6 Å². The molecule has 5 heteroatoms. The van der Waals surface area contributed by atoms with E-state index in [1.807, 2.05) is 36.4 Å². The van der Waals surface area contributed by atoms with Gasteiger partial charge in [-0.05, 0) is 17.2 Å². The monoisotopic (exact) mass is 296 g/mol. The van der Waals surface area contributed by atoms with Crippen molar-refractivity contribution in [2.45, 2.75) is 19.1 Å². The number of aliphatic carboxylic acids is 1. The minimum Gasteiger partial charge on any atom is -0.548 e. The van der Waals surface area contributed by atoms with E-state index in [1.165, 1.54) is 0 Å². The standard InChI is InChI=1S/C17H15NO4/c19-16(20)15-10-13-8-4-5-9-14(13)18(15)17(21)22-11-12-6-2-1-3-7-12/h1-9,15H,10-11H2,(H,19,20)/p-1/t15-/m0/s1. The molecule has 0 fully saturated rings. The Bertz CT molecular complexity index is 699. The Morgan fingerprint density at radius 2 is 1.77 bits per heavy atom. The van der Waals surface area contributed by atoms with E-state index in [4.69, 9.17) is 4.74 Å². The van der Waals surface area contributed by atoms with Gasteiger partial charge in [0, 0.05) is 6.42 Å². The van der Waals surface area contributed by atoms with Crippen LogP contribution in [0.1, 0.15) is 11.1 Å². The summed E-state index contributed by atoms with van der Waals surface area (Å²) in [5.74, 6) is -1.28. The molecule has 0 unspecified atom stereocenters.